The average Bonchev–Trinajstić information content (AvgIpc) is 2.43. The fraction of sp³-hybridized carbons (Fsp3) is 0.625. The molecule has 1 aromatic carbocycles. The molecule has 0 saturated carbocycles. The summed E-state index contributed by atoms with van der Waals surface area (Å²) in [7, 11) is 1.47. The first-order chi connectivity index (χ1) is 9.12. The molecule has 19 heavy (non-hydrogen) atoms. The first kappa shape index (κ1) is 16.0. The van der Waals surface area contributed by atoms with Gasteiger partial charge >= 0.3 is 0 Å². The smallest absolute Gasteiger partial charge is 0.165 e. The molecule has 0 fully saturated rings. The van der Waals surface area contributed by atoms with Gasteiger partial charge in [-0.05, 0) is 30.0 Å². The molecule has 0 aromatic heterocycles. The van der Waals surface area contributed by atoms with Crippen LogP contribution >= 0.6 is 0 Å². The molecule has 2 nitrogen and oxygen atoms in total. The molecular weight excluding hydrogens is 241 g/mol. The normalized spacial score (nSPS) is 14.2. The molecule has 1 aromatic rings. The van der Waals surface area contributed by atoms with Crippen LogP contribution in [0.1, 0.15) is 57.6 Å². The van der Waals surface area contributed by atoms with Crippen LogP contribution in [0.5, 0.6) is 5.75 Å². The lowest BCUT2D eigenvalue weighted by molar-refractivity contribution is 0.379. The Morgan fingerprint density at radius 3 is 2.58 bits per heavy atom. The molecule has 0 saturated heterocycles. The van der Waals surface area contributed by atoms with E-state index < -0.39 is 0 Å². The first-order valence-corrected chi connectivity index (χ1v) is 7.21. The molecule has 0 aliphatic carbocycles. The predicted octanol–water partition coefficient (Wildman–Crippen LogP) is 4.44. The second kappa shape index (κ2) is 8.16. The Morgan fingerprint density at radius 1 is 1.32 bits per heavy atom. The minimum absolute atomic E-state index is 0.0952. The van der Waals surface area contributed by atoms with Crippen molar-refractivity contribution < 1.29 is 9.13 Å². The third-order valence-corrected chi connectivity index (χ3v) is 3.73. The Hall–Kier alpha value is -1.09. The van der Waals surface area contributed by atoms with Crippen molar-refractivity contribution in [3.05, 3.63) is 29.6 Å². The van der Waals surface area contributed by atoms with E-state index in [0.29, 0.717) is 5.92 Å². The highest BCUT2D eigenvalue weighted by molar-refractivity contribution is 5.30. The molecule has 0 aliphatic rings. The van der Waals surface area contributed by atoms with E-state index >= 15 is 0 Å². The second-order valence-electron chi connectivity index (χ2n) is 5.15. The highest BCUT2D eigenvalue weighted by Gasteiger charge is 2.15. The molecule has 0 heterocycles. The molecule has 0 amide bonds. The average molecular weight is 267 g/mol. The lowest BCUT2D eigenvalue weighted by atomic mass is 9.89. The Kier molecular flexibility index (Phi) is 6.85. The zero-order valence-electron chi connectivity index (χ0n) is 12.3. The Morgan fingerprint density at radius 2 is 2.05 bits per heavy atom. The number of benzene rings is 1. The van der Waals surface area contributed by atoms with Crippen LogP contribution in [-0.2, 0) is 0 Å². The monoisotopic (exact) mass is 267 g/mol. The zero-order chi connectivity index (χ0) is 14.3. The van der Waals surface area contributed by atoms with Crippen molar-refractivity contribution in [2.75, 3.05) is 7.11 Å². The summed E-state index contributed by atoms with van der Waals surface area (Å²) in [6.07, 6.45) is 5.71. The van der Waals surface area contributed by atoms with Crippen LogP contribution in [0.2, 0.25) is 0 Å². The number of halogens is 1. The standard InChI is InChI=1S/C16H26FNO/c1-4-6-7-12(5-2)10-15(18)13-8-9-16(19-3)14(17)11-13/h8-9,11-12,15H,4-7,10,18H2,1-3H3. The third-order valence-electron chi connectivity index (χ3n) is 3.73. The summed E-state index contributed by atoms with van der Waals surface area (Å²) >= 11 is 0. The molecule has 0 aliphatic heterocycles. The van der Waals surface area contributed by atoms with Gasteiger partial charge in [0.2, 0.25) is 0 Å². The molecule has 1 rings (SSSR count). The fourth-order valence-electron chi connectivity index (χ4n) is 2.39. The summed E-state index contributed by atoms with van der Waals surface area (Å²) in [6, 6.07) is 4.91. The maximum atomic E-state index is 13.7. The predicted molar refractivity (Wildman–Crippen MR) is 77.8 cm³/mol. The van der Waals surface area contributed by atoms with E-state index in [-0.39, 0.29) is 17.6 Å². The highest BCUT2D eigenvalue weighted by Crippen LogP contribution is 2.27. The van der Waals surface area contributed by atoms with Crippen molar-refractivity contribution in [2.45, 2.75) is 52.0 Å². The second-order valence-corrected chi connectivity index (χ2v) is 5.15. The van der Waals surface area contributed by atoms with Crippen LogP contribution in [0.15, 0.2) is 18.2 Å². The summed E-state index contributed by atoms with van der Waals surface area (Å²) in [4.78, 5) is 0. The molecule has 0 radical (unpaired) electrons. The largest absolute Gasteiger partial charge is 0.494 e. The summed E-state index contributed by atoms with van der Waals surface area (Å²) in [5.41, 5.74) is 7.05. The quantitative estimate of drug-likeness (QED) is 0.755. The van der Waals surface area contributed by atoms with Gasteiger partial charge in [-0.3, -0.25) is 0 Å². The third kappa shape index (κ3) is 4.83. The Labute approximate surface area is 116 Å². The van der Waals surface area contributed by atoms with Gasteiger partial charge in [0.1, 0.15) is 0 Å². The molecule has 2 N–H and O–H groups in total. The molecule has 2 unspecified atom stereocenters. The van der Waals surface area contributed by atoms with Gasteiger partial charge in [-0.2, -0.15) is 0 Å². The number of nitrogens with two attached hydrogens (primary N) is 1. The van der Waals surface area contributed by atoms with Crippen molar-refractivity contribution in [2.24, 2.45) is 11.7 Å². The minimum atomic E-state index is -0.336. The van der Waals surface area contributed by atoms with E-state index in [2.05, 4.69) is 13.8 Å². The summed E-state index contributed by atoms with van der Waals surface area (Å²) in [6.45, 7) is 4.40. The van der Waals surface area contributed by atoms with Gasteiger partial charge in [0.05, 0.1) is 7.11 Å². The SMILES string of the molecule is CCCCC(CC)CC(N)c1ccc(OC)c(F)c1. The lowest BCUT2D eigenvalue weighted by Crippen LogP contribution is -2.15. The van der Waals surface area contributed by atoms with Crippen molar-refractivity contribution >= 4 is 0 Å². The van der Waals surface area contributed by atoms with Crippen molar-refractivity contribution in [3.8, 4) is 5.75 Å². The van der Waals surface area contributed by atoms with Crippen molar-refractivity contribution in [1.29, 1.82) is 0 Å². The van der Waals surface area contributed by atoms with Gasteiger partial charge in [0, 0.05) is 6.04 Å². The van der Waals surface area contributed by atoms with E-state index in [1.54, 1.807) is 6.07 Å². The number of hydrogen-bond donors (Lipinski definition) is 1. The van der Waals surface area contributed by atoms with Crippen LogP contribution in [0.4, 0.5) is 4.39 Å². The number of unbranched alkanes of at least 4 members (excludes halogenated alkanes) is 1. The highest BCUT2D eigenvalue weighted by atomic mass is 19.1. The van der Waals surface area contributed by atoms with Crippen LogP contribution in [0.3, 0.4) is 0 Å². The molecule has 0 spiro atoms. The summed E-state index contributed by atoms with van der Waals surface area (Å²) < 4.78 is 18.6. The number of rotatable bonds is 8. The topological polar surface area (TPSA) is 35.2 Å². The molecule has 0 bridgehead atoms. The van der Waals surface area contributed by atoms with E-state index in [0.717, 1.165) is 18.4 Å². The number of ether oxygens (including phenoxy) is 1. The first-order valence-electron chi connectivity index (χ1n) is 7.21. The van der Waals surface area contributed by atoms with E-state index in [4.69, 9.17) is 10.5 Å². The summed E-state index contributed by atoms with van der Waals surface area (Å²) in [5, 5.41) is 0. The molecule has 2 atom stereocenters. The molecular formula is C16H26FNO. The van der Waals surface area contributed by atoms with Crippen LogP contribution in [0.25, 0.3) is 0 Å². The minimum Gasteiger partial charge on any atom is -0.494 e. The Bertz CT molecular complexity index is 381. The lowest BCUT2D eigenvalue weighted by Gasteiger charge is -2.20. The number of hydrogen-bond acceptors (Lipinski definition) is 2. The van der Waals surface area contributed by atoms with Crippen molar-refractivity contribution in [3.63, 3.8) is 0 Å². The van der Waals surface area contributed by atoms with E-state index in [1.807, 2.05) is 6.07 Å². The van der Waals surface area contributed by atoms with Crippen LogP contribution in [-0.4, -0.2) is 7.11 Å². The van der Waals surface area contributed by atoms with Crippen molar-refractivity contribution in [1.82, 2.24) is 0 Å². The van der Waals surface area contributed by atoms with Gasteiger partial charge in [-0.15, -0.1) is 0 Å². The van der Waals surface area contributed by atoms with Gasteiger partial charge in [0.15, 0.2) is 11.6 Å². The van der Waals surface area contributed by atoms with Gasteiger partial charge in [0.25, 0.3) is 0 Å². The van der Waals surface area contributed by atoms with Crippen LogP contribution < -0.4 is 10.5 Å². The molecule has 3 heteroatoms. The maximum Gasteiger partial charge on any atom is 0.165 e. The zero-order valence-corrected chi connectivity index (χ0v) is 12.3. The summed E-state index contributed by atoms with van der Waals surface area (Å²) in [5.74, 6) is 0.561. The molecule has 108 valence electrons. The Balaban J connectivity index is 2.65. The van der Waals surface area contributed by atoms with Gasteiger partial charge in [-0.25, -0.2) is 4.39 Å². The fourth-order valence-corrected chi connectivity index (χ4v) is 2.39. The van der Waals surface area contributed by atoms with E-state index in [9.17, 15) is 4.39 Å². The van der Waals surface area contributed by atoms with E-state index in [1.165, 1.54) is 32.4 Å². The van der Waals surface area contributed by atoms with Gasteiger partial charge < -0.3 is 10.5 Å². The maximum absolute atomic E-state index is 13.7. The van der Waals surface area contributed by atoms with Crippen LogP contribution in [0, 0.1) is 11.7 Å². The number of methoxy groups -OCH3 is 1. The van der Waals surface area contributed by atoms with Gasteiger partial charge in [-0.1, -0.05) is 45.6 Å².